The van der Waals surface area contributed by atoms with Crippen molar-refractivity contribution in [3.05, 3.63) is 24.3 Å². The van der Waals surface area contributed by atoms with Crippen LogP contribution in [0.1, 0.15) is 20.3 Å². The van der Waals surface area contributed by atoms with Gasteiger partial charge in [0.2, 0.25) is 0 Å². The molecule has 0 radical (unpaired) electrons. The Labute approximate surface area is 133 Å². The maximum atomic E-state index is 12.5. The van der Waals surface area contributed by atoms with Crippen molar-refractivity contribution >= 4 is 11.7 Å². The Morgan fingerprint density at radius 3 is 2.91 bits per heavy atom. The maximum absolute atomic E-state index is 12.5. The summed E-state index contributed by atoms with van der Waals surface area (Å²) < 4.78 is 5.18. The number of ether oxygens (including phenoxy) is 1. The minimum Gasteiger partial charge on any atom is -0.497 e. The number of hydrogen-bond donors (Lipinski definition) is 1. The van der Waals surface area contributed by atoms with E-state index in [1.807, 2.05) is 36.2 Å². The summed E-state index contributed by atoms with van der Waals surface area (Å²) in [5, 5.41) is 2.95. The van der Waals surface area contributed by atoms with Crippen molar-refractivity contribution in [2.75, 3.05) is 39.1 Å². The minimum atomic E-state index is -0.0601. The number of amides is 2. The Balaban J connectivity index is 1.97. The number of rotatable bonds is 4. The SMILES string of the molecule is CCN1CC[C@H](N(C)C(=O)Nc2cccc(OC)c2)[C@@H](C)C1. The van der Waals surface area contributed by atoms with Gasteiger partial charge in [-0.3, -0.25) is 0 Å². The van der Waals surface area contributed by atoms with Crippen LogP contribution >= 0.6 is 0 Å². The summed E-state index contributed by atoms with van der Waals surface area (Å²) in [6.07, 6.45) is 1.02. The summed E-state index contributed by atoms with van der Waals surface area (Å²) in [7, 11) is 3.51. The highest BCUT2D eigenvalue weighted by Crippen LogP contribution is 2.22. The van der Waals surface area contributed by atoms with Gasteiger partial charge in [0.1, 0.15) is 5.75 Å². The normalized spacial score (nSPS) is 22.2. The van der Waals surface area contributed by atoms with Crippen molar-refractivity contribution in [3.63, 3.8) is 0 Å². The van der Waals surface area contributed by atoms with Crippen LogP contribution in [0.5, 0.6) is 5.75 Å². The number of urea groups is 1. The number of hydrogen-bond acceptors (Lipinski definition) is 3. The van der Waals surface area contributed by atoms with E-state index in [2.05, 4.69) is 24.1 Å². The summed E-state index contributed by atoms with van der Waals surface area (Å²) >= 11 is 0. The van der Waals surface area contributed by atoms with E-state index < -0.39 is 0 Å². The van der Waals surface area contributed by atoms with E-state index in [9.17, 15) is 4.79 Å². The minimum absolute atomic E-state index is 0.0601. The average molecular weight is 305 g/mol. The van der Waals surface area contributed by atoms with Crippen molar-refractivity contribution in [1.82, 2.24) is 9.80 Å². The number of likely N-dealkylation sites (tertiary alicyclic amines) is 1. The van der Waals surface area contributed by atoms with Crippen molar-refractivity contribution < 1.29 is 9.53 Å². The lowest BCUT2D eigenvalue weighted by molar-refractivity contribution is 0.101. The number of nitrogens with zero attached hydrogens (tertiary/aromatic N) is 2. The van der Waals surface area contributed by atoms with Gasteiger partial charge in [-0.1, -0.05) is 19.9 Å². The highest BCUT2D eigenvalue weighted by atomic mass is 16.5. The predicted octanol–water partition coefficient (Wildman–Crippen LogP) is 2.89. The molecule has 2 atom stereocenters. The standard InChI is InChI=1S/C17H27N3O2/c1-5-20-10-9-16(13(2)12-20)19(3)17(21)18-14-7-6-8-15(11-14)22-4/h6-8,11,13,16H,5,9-10,12H2,1-4H3,(H,18,21)/t13-,16-/m0/s1. The highest BCUT2D eigenvalue weighted by molar-refractivity contribution is 5.89. The Hall–Kier alpha value is -1.75. The number of nitrogens with one attached hydrogen (secondary N) is 1. The lowest BCUT2D eigenvalue weighted by atomic mass is 9.93. The molecular formula is C17H27N3O2. The maximum Gasteiger partial charge on any atom is 0.321 e. The molecule has 1 aromatic rings. The third-order valence-corrected chi connectivity index (χ3v) is 4.53. The molecule has 1 heterocycles. The van der Waals surface area contributed by atoms with Crippen LogP contribution < -0.4 is 10.1 Å². The van der Waals surface area contributed by atoms with Crippen LogP contribution in [-0.2, 0) is 0 Å². The third-order valence-electron chi connectivity index (χ3n) is 4.53. The summed E-state index contributed by atoms with van der Waals surface area (Å²) in [5.41, 5.74) is 0.759. The Kier molecular flexibility index (Phi) is 5.66. The molecule has 0 saturated carbocycles. The van der Waals surface area contributed by atoms with Gasteiger partial charge in [-0.2, -0.15) is 0 Å². The van der Waals surface area contributed by atoms with Gasteiger partial charge in [-0.05, 0) is 31.0 Å². The number of anilines is 1. The fraction of sp³-hybridized carbons (Fsp3) is 0.588. The van der Waals surface area contributed by atoms with Crippen molar-refractivity contribution in [2.24, 2.45) is 5.92 Å². The molecule has 1 N–H and O–H groups in total. The lowest BCUT2D eigenvalue weighted by Crippen LogP contribution is -2.51. The molecule has 122 valence electrons. The molecule has 5 nitrogen and oxygen atoms in total. The van der Waals surface area contributed by atoms with Crippen LogP contribution in [0.3, 0.4) is 0 Å². The van der Waals surface area contributed by atoms with Crippen molar-refractivity contribution in [1.29, 1.82) is 0 Å². The third kappa shape index (κ3) is 3.91. The quantitative estimate of drug-likeness (QED) is 0.930. The van der Waals surface area contributed by atoms with Crippen molar-refractivity contribution in [2.45, 2.75) is 26.3 Å². The second kappa shape index (κ2) is 7.49. The van der Waals surface area contributed by atoms with E-state index in [0.717, 1.165) is 37.5 Å². The zero-order valence-corrected chi connectivity index (χ0v) is 14.0. The van der Waals surface area contributed by atoms with Gasteiger partial charge in [0, 0.05) is 37.9 Å². The molecule has 1 aliphatic heterocycles. The molecule has 0 spiro atoms. The fourth-order valence-electron chi connectivity index (χ4n) is 3.15. The molecule has 5 heteroatoms. The van der Waals surface area contributed by atoms with E-state index in [4.69, 9.17) is 4.74 Å². The first-order chi connectivity index (χ1) is 10.5. The zero-order chi connectivity index (χ0) is 16.1. The predicted molar refractivity (Wildman–Crippen MR) is 89.5 cm³/mol. The van der Waals surface area contributed by atoms with Crippen LogP contribution in [0.4, 0.5) is 10.5 Å². The summed E-state index contributed by atoms with van der Waals surface area (Å²) in [6, 6.07) is 7.66. The van der Waals surface area contributed by atoms with Gasteiger partial charge in [0.15, 0.2) is 0 Å². The number of carbonyl (C=O) groups excluding carboxylic acids is 1. The molecule has 22 heavy (non-hydrogen) atoms. The summed E-state index contributed by atoms with van der Waals surface area (Å²) in [6.45, 7) is 7.60. The zero-order valence-electron chi connectivity index (χ0n) is 14.0. The van der Waals surface area contributed by atoms with Gasteiger partial charge >= 0.3 is 6.03 Å². The second-order valence-electron chi connectivity index (χ2n) is 6.00. The number of methoxy groups -OCH3 is 1. The molecule has 1 fully saturated rings. The van der Waals surface area contributed by atoms with Crippen LogP contribution in [0.2, 0.25) is 0 Å². The molecule has 1 saturated heterocycles. The van der Waals surface area contributed by atoms with Gasteiger partial charge in [0.25, 0.3) is 0 Å². The van der Waals surface area contributed by atoms with Crippen LogP contribution in [0.15, 0.2) is 24.3 Å². The fourth-order valence-corrected chi connectivity index (χ4v) is 3.15. The van der Waals surface area contributed by atoms with Crippen LogP contribution in [0.25, 0.3) is 0 Å². The first-order valence-corrected chi connectivity index (χ1v) is 7.95. The smallest absolute Gasteiger partial charge is 0.321 e. The van der Waals surface area contributed by atoms with E-state index >= 15 is 0 Å². The topological polar surface area (TPSA) is 44.8 Å². The van der Waals surface area contributed by atoms with Gasteiger partial charge in [-0.15, -0.1) is 0 Å². The number of carbonyl (C=O) groups is 1. The molecule has 2 rings (SSSR count). The molecule has 0 unspecified atom stereocenters. The number of piperidine rings is 1. The van der Waals surface area contributed by atoms with E-state index in [1.165, 1.54) is 0 Å². The first-order valence-electron chi connectivity index (χ1n) is 7.95. The molecule has 0 aliphatic carbocycles. The van der Waals surface area contributed by atoms with Gasteiger partial charge < -0.3 is 19.9 Å². The van der Waals surface area contributed by atoms with E-state index in [0.29, 0.717) is 5.92 Å². The largest absolute Gasteiger partial charge is 0.497 e. The van der Waals surface area contributed by atoms with Crippen LogP contribution in [0, 0.1) is 5.92 Å². The molecule has 0 aromatic heterocycles. The Morgan fingerprint density at radius 2 is 2.27 bits per heavy atom. The number of benzene rings is 1. The molecule has 0 bridgehead atoms. The van der Waals surface area contributed by atoms with Crippen LogP contribution in [-0.4, -0.2) is 55.7 Å². The van der Waals surface area contributed by atoms with Crippen molar-refractivity contribution in [3.8, 4) is 5.75 Å². The molecular weight excluding hydrogens is 278 g/mol. The Morgan fingerprint density at radius 1 is 1.50 bits per heavy atom. The monoisotopic (exact) mass is 305 g/mol. The Bertz CT molecular complexity index is 506. The summed E-state index contributed by atoms with van der Waals surface area (Å²) in [4.78, 5) is 16.8. The van der Waals surface area contributed by atoms with Gasteiger partial charge in [0.05, 0.1) is 7.11 Å². The van der Waals surface area contributed by atoms with E-state index in [-0.39, 0.29) is 12.1 Å². The highest BCUT2D eigenvalue weighted by Gasteiger charge is 2.30. The second-order valence-corrected chi connectivity index (χ2v) is 6.00. The van der Waals surface area contributed by atoms with E-state index in [1.54, 1.807) is 7.11 Å². The molecule has 2 amide bonds. The summed E-state index contributed by atoms with van der Waals surface area (Å²) in [5.74, 6) is 1.22. The lowest BCUT2D eigenvalue weighted by Gasteiger charge is -2.40. The molecule has 1 aromatic carbocycles. The first kappa shape index (κ1) is 16.6. The van der Waals surface area contributed by atoms with Gasteiger partial charge in [-0.25, -0.2) is 4.79 Å². The average Bonchev–Trinajstić information content (AvgIpc) is 2.54. The molecule has 1 aliphatic rings.